The lowest BCUT2D eigenvalue weighted by Crippen LogP contribution is -2.43. The first-order valence-electron chi connectivity index (χ1n) is 10.7. The number of imidazole rings is 1. The van der Waals surface area contributed by atoms with Crippen LogP contribution in [-0.2, 0) is 0 Å². The van der Waals surface area contributed by atoms with Crippen molar-refractivity contribution in [3.05, 3.63) is 58.0 Å². The van der Waals surface area contributed by atoms with Gasteiger partial charge < -0.3 is 5.32 Å². The number of hydrogen-bond acceptors (Lipinski definition) is 5. The number of hydrogen-bond donors (Lipinski definition) is 1. The highest BCUT2D eigenvalue weighted by Gasteiger charge is 2.46. The topological polar surface area (TPSA) is 77.1 Å². The molecule has 1 spiro atoms. The molecule has 158 valence electrons. The molecule has 2 aliphatic rings. The number of nitrogens with zero attached hydrogens (tertiary/aromatic N) is 5. The average molecular weight is 418 g/mol. The number of aromatic nitrogens is 5. The van der Waals surface area contributed by atoms with E-state index in [2.05, 4.69) is 20.5 Å². The lowest BCUT2D eigenvalue weighted by atomic mass is 9.97. The van der Waals surface area contributed by atoms with Crippen LogP contribution in [0.25, 0.3) is 27.7 Å². The molecule has 1 aliphatic heterocycles. The lowest BCUT2D eigenvalue weighted by molar-refractivity contribution is 0.264. The van der Waals surface area contributed by atoms with Gasteiger partial charge in [-0.05, 0) is 69.8 Å². The Kier molecular flexibility index (Phi) is 3.87. The van der Waals surface area contributed by atoms with Crippen LogP contribution in [0.3, 0.4) is 0 Å². The maximum atomic E-state index is 15.2. The Labute approximate surface area is 177 Å². The summed E-state index contributed by atoms with van der Waals surface area (Å²) in [5.41, 5.74) is 3.65. The summed E-state index contributed by atoms with van der Waals surface area (Å²) in [7, 11) is 0. The van der Waals surface area contributed by atoms with Gasteiger partial charge in [0.15, 0.2) is 5.65 Å². The molecule has 0 radical (unpaired) electrons. The number of benzene rings is 1. The van der Waals surface area contributed by atoms with Crippen LogP contribution in [0.4, 0.5) is 4.39 Å². The van der Waals surface area contributed by atoms with Crippen molar-refractivity contribution >= 4 is 16.4 Å². The summed E-state index contributed by atoms with van der Waals surface area (Å²) in [6, 6.07) is 5.09. The molecule has 31 heavy (non-hydrogen) atoms. The molecule has 8 heteroatoms. The van der Waals surface area contributed by atoms with Crippen molar-refractivity contribution in [1.29, 1.82) is 0 Å². The molecule has 1 atom stereocenters. The third-order valence-corrected chi connectivity index (χ3v) is 6.69. The number of fused-ring (bicyclic) bond motifs is 2. The van der Waals surface area contributed by atoms with Crippen LogP contribution < -0.4 is 10.9 Å². The van der Waals surface area contributed by atoms with Gasteiger partial charge in [0.2, 0.25) is 0 Å². The first kappa shape index (κ1) is 18.6. The largest absolute Gasteiger partial charge is 0.311 e. The summed E-state index contributed by atoms with van der Waals surface area (Å²) in [6.07, 6.45) is 7.42. The quantitative estimate of drug-likeness (QED) is 0.540. The molecule has 4 aromatic rings. The summed E-state index contributed by atoms with van der Waals surface area (Å²) in [5.74, 6) is -0.537. The zero-order chi connectivity index (χ0) is 21.3. The van der Waals surface area contributed by atoms with Crippen LogP contribution in [0.15, 0.2) is 35.4 Å². The Balaban J connectivity index is 1.45. The Morgan fingerprint density at radius 2 is 2.06 bits per heavy atom. The number of aryl methyl sites for hydroxylation is 2. The summed E-state index contributed by atoms with van der Waals surface area (Å²) < 4.78 is 18.4. The SMILES string of the molecule is Cc1cn2nc(-c3cc(F)c4c(=O)n(C5CCNC6(CC6)C5)ncc4c3)cc(C)c2n1. The van der Waals surface area contributed by atoms with E-state index in [1.165, 1.54) is 10.7 Å². The molecule has 4 heterocycles. The van der Waals surface area contributed by atoms with E-state index >= 15 is 4.39 Å². The van der Waals surface area contributed by atoms with Crippen molar-refractivity contribution < 1.29 is 4.39 Å². The molecule has 0 amide bonds. The van der Waals surface area contributed by atoms with Gasteiger partial charge in [-0.3, -0.25) is 4.79 Å². The van der Waals surface area contributed by atoms with Gasteiger partial charge in [0, 0.05) is 16.5 Å². The van der Waals surface area contributed by atoms with Crippen molar-refractivity contribution in [2.75, 3.05) is 6.54 Å². The van der Waals surface area contributed by atoms with Gasteiger partial charge in [0.05, 0.1) is 35.2 Å². The molecule has 7 nitrogen and oxygen atoms in total. The Hall–Kier alpha value is -3.13. The zero-order valence-corrected chi connectivity index (χ0v) is 17.5. The lowest BCUT2D eigenvalue weighted by Gasteiger charge is -2.30. The summed E-state index contributed by atoms with van der Waals surface area (Å²) in [6.45, 7) is 4.73. The minimum Gasteiger partial charge on any atom is -0.311 e. The number of nitrogens with one attached hydrogen (secondary N) is 1. The predicted molar refractivity (Wildman–Crippen MR) is 116 cm³/mol. The zero-order valence-electron chi connectivity index (χ0n) is 17.5. The van der Waals surface area contributed by atoms with Crippen molar-refractivity contribution in [2.24, 2.45) is 0 Å². The monoisotopic (exact) mass is 418 g/mol. The summed E-state index contributed by atoms with van der Waals surface area (Å²) >= 11 is 0. The highest BCUT2D eigenvalue weighted by molar-refractivity contribution is 5.86. The van der Waals surface area contributed by atoms with E-state index in [4.69, 9.17) is 0 Å². The van der Waals surface area contributed by atoms with Gasteiger partial charge in [0.1, 0.15) is 5.82 Å². The van der Waals surface area contributed by atoms with Crippen LogP contribution in [0, 0.1) is 19.7 Å². The van der Waals surface area contributed by atoms with E-state index < -0.39 is 5.82 Å². The second-order valence-corrected chi connectivity index (χ2v) is 9.03. The summed E-state index contributed by atoms with van der Waals surface area (Å²) in [5, 5.41) is 13.2. The number of piperidine rings is 1. The van der Waals surface area contributed by atoms with Crippen molar-refractivity contribution in [3.8, 4) is 11.3 Å². The molecular formula is C23H23FN6O. The normalized spacial score (nSPS) is 20.0. The van der Waals surface area contributed by atoms with E-state index in [1.54, 1.807) is 16.8 Å². The third-order valence-electron chi connectivity index (χ3n) is 6.69. The molecule has 1 aliphatic carbocycles. The minimum atomic E-state index is -0.537. The first-order valence-corrected chi connectivity index (χ1v) is 10.7. The average Bonchev–Trinajstić information content (AvgIpc) is 3.35. The van der Waals surface area contributed by atoms with E-state index in [9.17, 15) is 4.79 Å². The maximum Gasteiger partial charge on any atom is 0.277 e. The van der Waals surface area contributed by atoms with Gasteiger partial charge in [-0.25, -0.2) is 18.6 Å². The maximum absolute atomic E-state index is 15.2. The summed E-state index contributed by atoms with van der Waals surface area (Å²) in [4.78, 5) is 17.6. The predicted octanol–water partition coefficient (Wildman–Crippen LogP) is 3.32. The molecule has 1 unspecified atom stereocenters. The Bertz CT molecular complexity index is 1420. The van der Waals surface area contributed by atoms with Crippen molar-refractivity contribution in [1.82, 2.24) is 29.7 Å². The molecular weight excluding hydrogens is 395 g/mol. The van der Waals surface area contributed by atoms with Crippen LogP contribution in [0.1, 0.15) is 43.0 Å². The molecule has 1 aromatic carbocycles. The highest BCUT2D eigenvalue weighted by Crippen LogP contribution is 2.45. The fourth-order valence-corrected chi connectivity index (χ4v) is 4.91. The molecule has 2 fully saturated rings. The van der Waals surface area contributed by atoms with Gasteiger partial charge in [-0.15, -0.1) is 0 Å². The van der Waals surface area contributed by atoms with E-state index in [0.29, 0.717) is 16.6 Å². The van der Waals surface area contributed by atoms with Crippen molar-refractivity contribution in [2.45, 2.75) is 51.1 Å². The second-order valence-electron chi connectivity index (χ2n) is 9.03. The second kappa shape index (κ2) is 6.43. The smallest absolute Gasteiger partial charge is 0.277 e. The first-order chi connectivity index (χ1) is 14.9. The fraction of sp³-hybridized carbons (Fsp3) is 0.391. The third kappa shape index (κ3) is 2.96. The Morgan fingerprint density at radius 3 is 2.87 bits per heavy atom. The standard InChI is InChI=1S/C23H23FN6O/c1-13-7-19(28-29-12-14(2)27-21(13)29)15-8-16-11-26-30(22(31)20(16)18(24)9-15)17-3-6-25-23(10-17)4-5-23/h7-9,11-12,17,25H,3-6,10H2,1-2H3. The Morgan fingerprint density at radius 1 is 1.23 bits per heavy atom. The van der Waals surface area contributed by atoms with Crippen LogP contribution in [-0.4, -0.2) is 36.5 Å². The van der Waals surface area contributed by atoms with Gasteiger partial charge in [-0.2, -0.15) is 10.2 Å². The minimum absolute atomic E-state index is 0.0101. The number of halogens is 1. The van der Waals surface area contributed by atoms with Crippen LogP contribution in [0.2, 0.25) is 0 Å². The van der Waals surface area contributed by atoms with Crippen LogP contribution >= 0.6 is 0 Å². The van der Waals surface area contributed by atoms with Gasteiger partial charge in [0.25, 0.3) is 5.56 Å². The molecule has 1 saturated heterocycles. The molecule has 1 N–H and O–H groups in total. The van der Waals surface area contributed by atoms with Gasteiger partial charge >= 0.3 is 0 Å². The van der Waals surface area contributed by atoms with Crippen LogP contribution in [0.5, 0.6) is 0 Å². The highest BCUT2D eigenvalue weighted by atomic mass is 19.1. The van der Waals surface area contributed by atoms with E-state index in [1.807, 2.05) is 26.1 Å². The van der Waals surface area contributed by atoms with E-state index in [-0.39, 0.29) is 22.5 Å². The van der Waals surface area contributed by atoms with Crippen molar-refractivity contribution in [3.63, 3.8) is 0 Å². The van der Waals surface area contributed by atoms with Gasteiger partial charge in [-0.1, -0.05) is 0 Å². The fourth-order valence-electron chi connectivity index (χ4n) is 4.91. The molecule has 6 rings (SSSR count). The van der Waals surface area contributed by atoms with E-state index in [0.717, 1.165) is 49.1 Å². The molecule has 3 aromatic heterocycles. The molecule has 1 saturated carbocycles. The molecule has 0 bridgehead atoms. The number of rotatable bonds is 2.